The molecule has 17 heteroatoms. The molecule has 1 amide bonds. The number of hydrogen-bond donors (Lipinski definition) is 9. The highest BCUT2D eigenvalue weighted by Crippen LogP contribution is 2.49. The molecule has 3 saturated heterocycles. The van der Waals surface area contributed by atoms with E-state index in [-0.39, 0.29) is 17.4 Å². The molecule has 3 aliphatic heterocycles. The molecule has 308 valence electrons. The summed E-state index contributed by atoms with van der Waals surface area (Å²) in [5, 5.41) is 92.6. The number of para-hydroxylation sites is 1. The number of ether oxygens (including phenoxy) is 3. The number of carbonyl (C=O) groups is 2. The van der Waals surface area contributed by atoms with Crippen molar-refractivity contribution in [1.29, 1.82) is 0 Å². The van der Waals surface area contributed by atoms with Crippen LogP contribution >= 0.6 is 11.8 Å². The summed E-state index contributed by atoms with van der Waals surface area (Å²) in [5.74, 6) is -2.33. The average molecular weight is 824 g/mol. The number of amides is 1. The molecule has 4 aromatic carbocycles. The van der Waals surface area contributed by atoms with E-state index >= 15 is 0 Å². The lowest BCUT2D eigenvalue weighted by molar-refractivity contribution is -0.271. The topological polar surface area (TPSA) is 247 Å². The Labute approximate surface area is 335 Å². The number of aliphatic hydroxyl groups excluding tert-OH is 8. The normalized spacial score (nSPS) is 31.7. The van der Waals surface area contributed by atoms with Crippen molar-refractivity contribution in [2.45, 2.75) is 78.6 Å². The second-order valence-corrected chi connectivity index (χ2v) is 15.5. The molecule has 15 nitrogen and oxygen atoms in total. The van der Waals surface area contributed by atoms with E-state index < -0.39 is 97.0 Å². The molecule has 7 rings (SSSR count). The maximum Gasteiger partial charge on any atom is 0.335 e. The highest BCUT2D eigenvalue weighted by Gasteiger charge is 2.52. The minimum atomic E-state index is -1.98. The summed E-state index contributed by atoms with van der Waals surface area (Å²) in [7, 11) is 0. The van der Waals surface area contributed by atoms with Crippen LogP contribution in [0.2, 0.25) is 0 Å². The number of carboxylic acid groups (broad SMARTS) is 1. The predicted molar refractivity (Wildman–Crippen MR) is 204 cm³/mol. The molecule has 0 aliphatic carbocycles. The maximum absolute atomic E-state index is 13.9. The van der Waals surface area contributed by atoms with Crippen molar-refractivity contribution < 1.29 is 74.1 Å². The first-order chi connectivity index (χ1) is 27.8. The lowest BCUT2D eigenvalue weighted by Gasteiger charge is -2.48. The lowest BCUT2D eigenvalue weighted by atomic mass is 9.89. The van der Waals surface area contributed by atoms with Crippen LogP contribution in [0, 0.1) is 5.82 Å². The molecule has 4 aromatic rings. The largest absolute Gasteiger partial charge is 0.479 e. The van der Waals surface area contributed by atoms with Crippen molar-refractivity contribution in [2.24, 2.45) is 0 Å². The third kappa shape index (κ3) is 8.08. The molecule has 0 spiro atoms. The molecular weight excluding hydrogens is 782 g/mol. The van der Waals surface area contributed by atoms with Crippen LogP contribution in [-0.4, -0.2) is 131 Å². The minimum Gasteiger partial charge on any atom is -0.479 e. The number of aliphatic hydroxyl groups is 8. The van der Waals surface area contributed by atoms with Crippen LogP contribution < -0.4 is 9.64 Å². The number of anilines is 1. The molecule has 0 bridgehead atoms. The number of carboxylic acids is 1. The Bertz CT molecular complexity index is 2060. The van der Waals surface area contributed by atoms with Crippen LogP contribution in [0.5, 0.6) is 5.75 Å². The highest BCUT2D eigenvalue weighted by molar-refractivity contribution is 8.00. The van der Waals surface area contributed by atoms with Crippen LogP contribution in [0.15, 0.2) is 97.1 Å². The van der Waals surface area contributed by atoms with Crippen molar-refractivity contribution in [3.8, 4) is 16.9 Å². The van der Waals surface area contributed by atoms with Gasteiger partial charge < -0.3 is 65.1 Å². The zero-order valence-corrected chi connectivity index (χ0v) is 31.3. The van der Waals surface area contributed by atoms with Gasteiger partial charge in [0, 0.05) is 17.0 Å². The van der Waals surface area contributed by atoms with E-state index in [0.29, 0.717) is 33.5 Å². The lowest BCUT2D eigenvalue weighted by Crippen LogP contribution is -2.61. The number of halogens is 1. The number of hydrogen-bond acceptors (Lipinski definition) is 14. The molecule has 3 aliphatic rings. The van der Waals surface area contributed by atoms with Crippen LogP contribution in [0.3, 0.4) is 0 Å². The van der Waals surface area contributed by atoms with E-state index in [4.69, 9.17) is 14.2 Å². The van der Waals surface area contributed by atoms with Crippen LogP contribution in [0.25, 0.3) is 11.1 Å². The number of thioether (sulfide) groups is 1. The summed E-state index contributed by atoms with van der Waals surface area (Å²) in [6.45, 7) is -0.597. The Hall–Kier alpha value is -4.50. The van der Waals surface area contributed by atoms with E-state index in [1.54, 1.807) is 72.8 Å². The average Bonchev–Trinajstić information content (AvgIpc) is 3.23. The van der Waals surface area contributed by atoms with Crippen LogP contribution in [0.1, 0.15) is 34.9 Å². The fraction of sp³-hybridized carbons (Fsp3) is 0.366. The standard InChI is InChI=1S/C41H42FNO14S/c42-23-13-10-20(11-14-23)26(45)18-58-38-29(43(39(38)52)24-4-2-1-3-5-24)25-15-12-22(16-27(25)56-41-35(51)32(48)34(50)37(57-41)40(53)54)19-6-8-21(9-7-19)36-33(49)31(47)30(46)28(17-44)55-36/h1-16,26,28-38,41,44-51H,17-18H2,(H,53,54)/t26-,28+,29+,30+,31-,32-,33+,34?,35?,36?,37?,38+,41+/m0/s1. The van der Waals surface area contributed by atoms with Crippen LogP contribution in [-0.2, 0) is 19.1 Å². The SMILES string of the molecule is O=C(O)C1O[C@@H](Oc2cc(-c3ccc(C4O[C@H](CO)[C@@H](O)[C@H](O)[C@H]4O)cc3)ccc2[C@@H]2[C@@H](SC[C@H](O)c3ccc(F)cc3)C(=O)N2c2ccccc2)C(O)[C@@H](O)C1O. The molecule has 3 fully saturated rings. The summed E-state index contributed by atoms with van der Waals surface area (Å²) in [6, 6.07) is 24.8. The number of aliphatic carboxylic acids is 1. The van der Waals surface area contributed by atoms with Crippen molar-refractivity contribution in [3.05, 3.63) is 120 Å². The molecular formula is C41H42FNO14S. The first kappa shape index (κ1) is 41.7. The number of nitrogens with zero attached hydrogens (tertiary/aromatic N) is 1. The molecule has 9 N–H and O–H groups in total. The number of β-lactam (4-membered cyclic amide) rings is 1. The maximum atomic E-state index is 13.9. The summed E-state index contributed by atoms with van der Waals surface area (Å²) in [5.41, 5.74) is 2.86. The first-order valence-corrected chi connectivity index (χ1v) is 19.4. The van der Waals surface area contributed by atoms with Gasteiger partial charge in [0.15, 0.2) is 6.10 Å². The third-order valence-electron chi connectivity index (χ3n) is 10.6. The van der Waals surface area contributed by atoms with Gasteiger partial charge in [0.25, 0.3) is 0 Å². The van der Waals surface area contributed by atoms with Crippen molar-refractivity contribution >= 4 is 29.3 Å². The Morgan fingerprint density at radius 1 is 0.793 bits per heavy atom. The molecule has 13 atom stereocenters. The second kappa shape index (κ2) is 17.4. The molecule has 3 heterocycles. The van der Waals surface area contributed by atoms with Gasteiger partial charge >= 0.3 is 5.97 Å². The summed E-state index contributed by atoms with van der Waals surface area (Å²) in [6.07, 6.45) is -17.5. The smallest absolute Gasteiger partial charge is 0.335 e. The molecule has 58 heavy (non-hydrogen) atoms. The van der Waals surface area contributed by atoms with Crippen molar-refractivity contribution in [3.63, 3.8) is 0 Å². The molecule has 0 saturated carbocycles. The van der Waals surface area contributed by atoms with Gasteiger partial charge in [0.1, 0.15) is 65.6 Å². The summed E-state index contributed by atoms with van der Waals surface area (Å²) in [4.78, 5) is 27.4. The van der Waals surface area contributed by atoms with E-state index in [0.717, 1.165) is 11.8 Å². The Morgan fingerprint density at radius 3 is 2.10 bits per heavy atom. The van der Waals surface area contributed by atoms with Gasteiger partial charge in [0.2, 0.25) is 12.2 Å². The van der Waals surface area contributed by atoms with Gasteiger partial charge in [-0.2, -0.15) is 0 Å². The first-order valence-electron chi connectivity index (χ1n) is 18.4. The van der Waals surface area contributed by atoms with E-state index in [2.05, 4.69) is 0 Å². The molecule has 4 unspecified atom stereocenters. The fourth-order valence-electron chi connectivity index (χ4n) is 7.36. The highest BCUT2D eigenvalue weighted by atomic mass is 32.2. The molecule has 0 aromatic heterocycles. The quantitative estimate of drug-likeness (QED) is 0.0912. The zero-order chi connectivity index (χ0) is 41.4. The van der Waals surface area contributed by atoms with Crippen molar-refractivity contribution in [1.82, 2.24) is 0 Å². The fourth-order valence-corrected chi connectivity index (χ4v) is 8.65. The number of rotatable bonds is 12. The van der Waals surface area contributed by atoms with Gasteiger partial charge in [-0.05, 0) is 52.6 Å². The van der Waals surface area contributed by atoms with Gasteiger partial charge in [-0.15, -0.1) is 11.8 Å². The van der Waals surface area contributed by atoms with Crippen LogP contribution in [0.4, 0.5) is 10.1 Å². The summed E-state index contributed by atoms with van der Waals surface area (Å²) < 4.78 is 31.0. The van der Waals surface area contributed by atoms with Gasteiger partial charge in [-0.1, -0.05) is 66.7 Å². The Morgan fingerprint density at radius 2 is 1.45 bits per heavy atom. The van der Waals surface area contributed by atoms with Gasteiger partial charge in [-0.25, -0.2) is 9.18 Å². The predicted octanol–water partition coefficient (Wildman–Crippen LogP) is 1.20. The van der Waals surface area contributed by atoms with E-state index in [9.17, 15) is 59.9 Å². The third-order valence-corrected chi connectivity index (χ3v) is 11.9. The van der Waals surface area contributed by atoms with Gasteiger partial charge in [-0.3, -0.25) is 4.79 Å². The monoisotopic (exact) mass is 823 g/mol. The molecule has 0 radical (unpaired) electrons. The second-order valence-electron chi connectivity index (χ2n) is 14.3. The van der Waals surface area contributed by atoms with Gasteiger partial charge in [0.05, 0.1) is 18.8 Å². The Balaban J connectivity index is 1.25. The Kier molecular flexibility index (Phi) is 12.5. The minimum absolute atomic E-state index is 0.00963. The number of carbonyl (C=O) groups excluding carboxylic acids is 1. The van der Waals surface area contributed by atoms with E-state index in [1.807, 2.05) is 0 Å². The number of benzene rings is 4. The summed E-state index contributed by atoms with van der Waals surface area (Å²) >= 11 is 1.15. The van der Waals surface area contributed by atoms with Crippen molar-refractivity contribution in [2.75, 3.05) is 17.3 Å². The van der Waals surface area contributed by atoms with E-state index in [1.165, 1.54) is 29.2 Å². The zero-order valence-electron chi connectivity index (χ0n) is 30.5.